The van der Waals surface area contributed by atoms with Crippen molar-refractivity contribution >= 4 is 57.7 Å². The third-order valence-electron chi connectivity index (χ3n) is 11.5. The van der Waals surface area contributed by atoms with Crippen molar-refractivity contribution in [3.63, 3.8) is 0 Å². The second-order valence-electron chi connectivity index (χ2n) is 14.9. The van der Waals surface area contributed by atoms with E-state index in [1.165, 1.54) is 24.1 Å². The molecule has 1 fully saturated rings. The normalized spacial score (nSPS) is 20.4. The van der Waals surface area contributed by atoms with Gasteiger partial charge < -0.3 is 44.0 Å². The number of hydrogen-bond acceptors (Lipinski definition) is 9. The standard InChI is InChI=1S/C42H44ClN5O9/c1-44-13-15-45(16-14-44)42(54)57-34-21-32-38(29-11-6-5-10-28(29)34)27(22-43)24-46(32)37(49)12-7-17-56-36-20-31-30(19-35(36)55-2)39(50)47-23-26-9-4-3-8-25(26)18-33(47)40(51)48(31)41(52)53/h3-6,8-11,19-21,27,33,40,51H,7,12-18,22-24H2,1-2H3,(H,52,53)/t27-,33+,40?/m1/s1. The topological polar surface area (TPSA) is 153 Å². The first-order chi connectivity index (χ1) is 27.6. The molecule has 57 heavy (non-hydrogen) atoms. The molecule has 0 radical (unpaired) electrons. The summed E-state index contributed by atoms with van der Waals surface area (Å²) in [6.45, 7) is 3.25. The van der Waals surface area contributed by atoms with Gasteiger partial charge in [0.1, 0.15) is 5.75 Å². The van der Waals surface area contributed by atoms with E-state index in [0.29, 0.717) is 37.0 Å². The summed E-state index contributed by atoms with van der Waals surface area (Å²) in [5.74, 6) is 0.281. The zero-order chi connectivity index (χ0) is 40.0. The molecule has 0 spiro atoms. The zero-order valence-corrected chi connectivity index (χ0v) is 32.5. The fourth-order valence-corrected chi connectivity index (χ4v) is 8.71. The Balaban J connectivity index is 0.999. The molecule has 4 aliphatic heterocycles. The lowest BCUT2D eigenvalue weighted by molar-refractivity contribution is -0.118. The van der Waals surface area contributed by atoms with Crippen LogP contribution in [0.3, 0.4) is 0 Å². The lowest BCUT2D eigenvalue weighted by Gasteiger charge is -2.39. The van der Waals surface area contributed by atoms with Crippen molar-refractivity contribution in [2.75, 3.05) is 69.2 Å². The van der Waals surface area contributed by atoms with Gasteiger partial charge in [0, 0.05) is 75.0 Å². The van der Waals surface area contributed by atoms with E-state index in [2.05, 4.69) is 4.90 Å². The van der Waals surface area contributed by atoms with Gasteiger partial charge in [0.15, 0.2) is 17.7 Å². The number of halogens is 1. The molecular weight excluding hydrogens is 754 g/mol. The number of ether oxygens (including phenoxy) is 3. The van der Waals surface area contributed by atoms with E-state index < -0.39 is 30.4 Å². The summed E-state index contributed by atoms with van der Waals surface area (Å²) in [5.41, 5.74) is 3.47. The van der Waals surface area contributed by atoms with E-state index in [1.807, 2.05) is 55.6 Å². The highest BCUT2D eigenvalue weighted by molar-refractivity contribution is 6.19. The van der Waals surface area contributed by atoms with Crippen LogP contribution in [0, 0.1) is 0 Å². The Morgan fingerprint density at radius 1 is 0.895 bits per heavy atom. The number of nitrogens with zero attached hydrogens (tertiary/aromatic N) is 5. The number of rotatable bonds is 8. The van der Waals surface area contributed by atoms with Crippen LogP contribution in [0.25, 0.3) is 10.8 Å². The molecular formula is C42H44ClN5O9. The quantitative estimate of drug-likeness (QED) is 0.173. The predicted molar refractivity (Wildman–Crippen MR) is 213 cm³/mol. The Hall–Kier alpha value is -5.57. The van der Waals surface area contributed by atoms with Crippen LogP contribution in [0.5, 0.6) is 17.2 Å². The molecule has 14 nitrogen and oxygen atoms in total. The van der Waals surface area contributed by atoms with Crippen molar-refractivity contribution in [2.24, 2.45) is 0 Å². The predicted octanol–water partition coefficient (Wildman–Crippen LogP) is 5.51. The van der Waals surface area contributed by atoms with Crippen LogP contribution < -0.4 is 24.0 Å². The lowest BCUT2D eigenvalue weighted by Crippen LogP contribution is -2.55. The summed E-state index contributed by atoms with van der Waals surface area (Å²) < 4.78 is 17.7. The highest BCUT2D eigenvalue weighted by Gasteiger charge is 2.45. The second-order valence-corrected chi connectivity index (χ2v) is 15.2. The van der Waals surface area contributed by atoms with Crippen LogP contribution in [0.2, 0.25) is 0 Å². The van der Waals surface area contributed by atoms with Crippen molar-refractivity contribution < 1.29 is 43.6 Å². The number of anilines is 2. The van der Waals surface area contributed by atoms with E-state index in [-0.39, 0.29) is 67.0 Å². The highest BCUT2D eigenvalue weighted by Crippen LogP contribution is 2.46. The van der Waals surface area contributed by atoms with Crippen LogP contribution in [0.1, 0.15) is 45.8 Å². The number of fused-ring (bicyclic) bond motifs is 6. The number of methoxy groups -OCH3 is 1. The van der Waals surface area contributed by atoms with Crippen molar-refractivity contribution in [3.8, 4) is 17.2 Å². The molecule has 4 amide bonds. The van der Waals surface area contributed by atoms with E-state index in [0.717, 1.165) is 45.5 Å². The molecule has 4 heterocycles. The first-order valence-electron chi connectivity index (χ1n) is 19.1. The number of aliphatic hydroxyl groups excluding tert-OH is 1. The maximum atomic E-state index is 14.0. The Bertz CT molecular complexity index is 2250. The van der Waals surface area contributed by atoms with Gasteiger partial charge in [-0.15, -0.1) is 11.6 Å². The van der Waals surface area contributed by atoms with Gasteiger partial charge in [0.25, 0.3) is 5.91 Å². The molecule has 298 valence electrons. The molecule has 0 aliphatic carbocycles. The number of aliphatic hydroxyl groups is 1. The number of carbonyl (C=O) groups excluding carboxylic acids is 3. The van der Waals surface area contributed by atoms with Gasteiger partial charge in [-0.3, -0.25) is 9.59 Å². The molecule has 1 unspecified atom stereocenters. The summed E-state index contributed by atoms with van der Waals surface area (Å²) in [7, 11) is 3.43. The van der Waals surface area contributed by atoms with Gasteiger partial charge in [-0.05, 0) is 48.0 Å². The first kappa shape index (κ1) is 38.3. The molecule has 8 rings (SSSR count). The van der Waals surface area contributed by atoms with Crippen LogP contribution in [-0.4, -0.2) is 121 Å². The molecule has 1 saturated heterocycles. The van der Waals surface area contributed by atoms with Crippen molar-refractivity contribution in [1.29, 1.82) is 0 Å². The monoisotopic (exact) mass is 797 g/mol. The Morgan fingerprint density at radius 2 is 1.60 bits per heavy atom. The van der Waals surface area contributed by atoms with Crippen molar-refractivity contribution in [2.45, 2.75) is 44.0 Å². The minimum Gasteiger partial charge on any atom is -0.493 e. The molecule has 0 saturated carbocycles. The Morgan fingerprint density at radius 3 is 2.32 bits per heavy atom. The summed E-state index contributed by atoms with van der Waals surface area (Å²) in [4.78, 5) is 61.7. The molecule has 0 bridgehead atoms. The lowest BCUT2D eigenvalue weighted by atomic mass is 9.93. The van der Waals surface area contributed by atoms with E-state index in [4.69, 9.17) is 25.8 Å². The molecule has 3 atom stereocenters. The number of amides is 4. The van der Waals surface area contributed by atoms with Gasteiger partial charge in [-0.2, -0.15) is 0 Å². The molecule has 0 aromatic heterocycles. The summed E-state index contributed by atoms with van der Waals surface area (Å²) in [6, 6.07) is 19.0. The average Bonchev–Trinajstić information content (AvgIpc) is 3.57. The molecule has 4 aromatic rings. The number of benzene rings is 4. The summed E-state index contributed by atoms with van der Waals surface area (Å²) in [6.07, 6.45) is -2.75. The van der Waals surface area contributed by atoms with Crippen LogP contribution >= 0.6 is 11.6 Å². The first-order valence-corrected chi connectivity index (χ1v) is 19.6. The third-order valence-corrected chi connectivity index (χ3v) is 11.9. The van der Waals surface area contributed by atoms with Crippen LogP contribution in [-0.2, 0) is 17.8 Å². The SMILES string of the molecule is COc1cc2c(cc1OCCCC(=O)N1C[C@@H](CCl)c3c1cc(OC(=O)N1CCN(C)CC1)c1ccccc31)N(C(=O)O)C(O)[C@@H]1Cc3ccccc3CN1C2=O. The number of hydrogen-bond donors (Lipinski definition) is 2. The van der Waals surface area contributed by atoms with Crippen molar-refractivity contribution in [3.05, 3.63) is 89.0 Å². The summed E-state index contributed by atoms with van der Waals surface area (Å²) >= 11 is 6.49. The minimum atomic E-state index is -1.55. The Kier molecular flexibility index (Phi) is 10.6. The van der Waals surface area contributed by atoms with Gasteiger partial charge in [0.2, 0.25) is 5.91 Å². The van der Waals surface area contributed by atoms with Gasteiger partial charge in [-0.25, -0.2) is 14.5 Å². The van der Waals surface area contributed by atoms with Gasteiger partial charge in [0.05, 0.1) is 36.7 Å². The number of likely N-dealkylation sites (N-methyl/N-ethyl adjacent to an activating group) is 1. The average molecular weight is 798 g/mol. The fraction of sp³-hybridized carbons (Fsp3) is 0.381. The minimum absolute atomic E-state index is 0.0255. The van der Waals surface area contributed by atoms with Gasteiger partial charge in [-0.1, -0.05) is 48.5 Å². The fourth-order valence-electron chi connectivity index (χ4n) is 8.46. The second kappa shape index (κ2) is 15.8. The van der Waals surface area contributed by atoms with Crippen molar-refractivity contribution in [1.82, 2.24) is 14.7 Å². The number of alkyl halides is 1. The van der Waals surface area contributed by atoms with E-state index in [1.54, 1.807) is 15.9 Å². The van der Waals surface area contributed by atoms with E-state index in [9.17, 15) is 29.4 Å². The largest absolute Gasteiger partial charge is 0.493 e. The van der Waals surface area contributed by atoms with Crippen LogP contribution in [0.4, 0.5) is 21.0 Å². The van der Waals surface area contributed by atoms with Crippen LogP contribution in [0.15, 0.2) is 66.7 Å². The van der Waals surface area contributed by atoms with Gasteiger partial charge >= 0.3 is 12.2 Å². The molecule has 4 aliphatic rings. The number of carbonyl (C=O) groups is 4. The molecule has 4 aromatic carbocycles. The smallest absolute Gasteiger partial charge is 0.415 e. The Labute approximate surface area is 334 Å². The summed E-state index contributed by atoms with van der Waals surface area (Å²) in [5, 5.41) is 23.5. The molecule has 15 heteroatoms. The maximum Gasteiger partial charge on any atom is 0.415 e. The molecule has 2 N–H and O–H groups in total. The third kappa shape index (κ3) is 7.06. The highest BCUT2D eigenvalue weighted by atomic mass is 35.5. The van der Waals surface area contributed by atoms with E-state index >= 15 is 0 Å². The maximum absolute atomic E-state index is 14.0. The number of carboxylic acid groups (broad SMARTS) is 1. The number of piperazine rings is 1. The zero-order valence-electron chi connectivity index (χ0n) is 31.7.